The molecule has 0 unspecified atom stereocenters. The number of ether oxygens (including phenoxy) is 2. The highest BCUT2D eigenvalue weighted by Gasteiger charge is 2.10. The van der Waals surface area contributed by atoms with E-state index in [2.05, 4.69) is 5.32 Å². The van der Waals surface area contributed by atoms with Gasteiger partial charge in [0.2, 0.25) is 0 Å². The van der Waals surface area contributed by atoms with Gasteiger partial charge in [-0.3, -0.25) is 0 Å². The minimum absolute atomic E-state index is 0.228. The first kappa shape index (κ1) is 13.0. The van der Waals surface area contributed by atoms with E-state index in [0.717, 1.165) is 0 Å². The van der Waals surface area contributed by atoms with Gasteiger partial charge in [-0.25, -0.2) is 4.39 Å². The van der Waals surface area contributed by atoms with Crippen molar-refractivity contribution in [3.8, 4) is 11.5 Å². The predicted molar refractivity (Wildman–Crippen MR) is 73.6 cm³/mol. The van der Waals surface area contributed by atoms with Gasteiger partial charge in [0.05, 0.1) is 31.3 Å². The van der Waals surface area contributed by atoms with Gasteiger partial charge in [-0.15, -0.1) is 0 Å². The summed E-state index contributed by atoms with van der Waals surface area (Å²) in [5, 5.41) is 2.93. The maximum atomic E-state index is 13.7. The molecule has 0 bridgehead atoms. The minimum Gasteiger partial charge on any atom is -0.497 e. The molecule has 0 atom stereocenters. The van der Waals surface area contributed by atoms with Crippen LogP contribution in [0.1, 0.15) is 0 Å². The predicted octanol–water partition coefficient (Wildman–Crippen LogP) is 3.17. The summed E-state index contributed by atoms with van der Waals surface area (Å²) in [5.41, 5.74) is 6.92. The number of rotatable bonds is 4. The number of nitrogens with one attached hydrogen (secondary N) is 1. The number of para-hydroxylation sites is 1. The lowest BCUT2D eigenvalue weighted by Crippen LogP contribution is -2.01. The molecule has 3 N–H and O–H groups in total. The average Bonchev–Trinajstić information content (AvgIpc) is 2.43. The van der Waals surface area contributed by atoms with Gasteiger partial charge in [-0.1, -0.05) is 6.07 Å². The topological polar surface area (TPSA) is 56.5 Å². The summed E-state index contributed by atoms with van der Waals surface area (Å²) < 4.78 is 24.0. The Labute approximate surface area is 111 Å². The zero-order valence-corrected chi connectivity index (χ0v) is 10.7. The number of halogens is 1. The number of hydrogen-bond acceptors (Lipinski definition) is 4. The Hall–Kier alpha value is -2.43. The lowest BCUT2D eigenvalue weighted by atomic mass is 10.2. The molecule has 0 fully saturated rings. The second-order valence-corrected chi connectivity index (χ2v) is 3.90. The van der Waals surface area contributed by atoms with Crippen molar-refractivity contribution in [3.63, 3.8) is 0 Å². The molecule has 0 radical (unpaired) electrons. The molecule has 100 valence electrons. The molecule has 4 nitrogen and oxygen atoms in total. The number of benzene rings is 2. The fourth-order valence-corrected chi connectivity index (χ4v) is 1.71. The Morgan fingerprint density at radius 2 is 1.89 bits per heavy atom. The smallest absolute Gasteiger partial charge is 0.148 e. The molecule has 5 heteroatoms. The SMILES string of the molecule is COc1ccc(Nc2c(N)cccc2F)c(OC)c1. The van der Waals surface area contributed by atoms with Crippen LogP contribution in [0.25, 0.3) is 0 Å². The van der Waals surface area contributed by atoms with Gasteiger partial charge < -0.3 is 20.5 Å². The average molecular weight is 262 g/mol. The number of methoxy groups -OCH3 is 2. The molecule has 0 spiro atoms. The number of hydrogen-bond donors (Lipinski definition) is 2. The van der Waals surface area contributed by atoms with Crippen molar-refractivity contribution < 1.29 is 13.9 Å². The first-order valence-corrected chi connectivity index (χ1v) is 5.68. The Balaban J connectivity index is 2.38. The van der Waals surface area contributed by atoms with Crippen LogP contribution >= 0.6 is 0 Å². The fourth-order valence-electron chi connectivity index (χ4n) is 1.71. The Morgan fingerprint density at radius 3 is 2.53 bits per heavy atom. The molecule has 2 aromatic rings. The quantitative estimate of drug-likeness (QED) is 0.831. The molecule has 0 aliphatic rings. The first-order chi connectivity index (χ1) is 9.15. The number of nitrogen functional groups attached to an aromatic ring is 1. The molecule has 0 heterocycles. The molecular formula is C14H15FN2O2. The van der Waals surface area contributed by atoms with E-state index in [0.29, 0.717) is 22.9 Å². The van der Waals surface area contributed by atoms with E-state index >= 15 is 0 Å². The van der Waals surface area contributed by atoms with E-state index in [-0.39, 0.29) is 5.69 Å². The maximum Gasteiger partial charge on any atom is 0.148 e. The third-order valence-electron chi connectivity index (χ3n) is 2.71. The van der Waals surface area contributed by atoms with Gasteiger partial charge in [0.1, 0.15) is 17.3 Å². The van der Waals surface area contributed by atoms with Crippen molar-refractivity contribution >= 4 is 17.1 Å². The highest BCUT2D eigenvalue weighted by Crippen LogP contribution is 2.34. The van der Waals surface area contributed by atoms with Gasteiger partial charge in [-0.2, -0.15) is 0 Å². The van der Waals surface area contributed by atoms with Gasteiger partial charge in [0, 0.05) is 6.07 Å². The van der Waals surface area contributed by atoms with E-state index in [1.54, 1.807) is 37.4 Å². The maximum absolute atomic E-state index is 13.7. The van der Waals surface area contributed by atoms with E-state index < -0.39 is 5.82 Å². The summed E-state index contributed by atoms with van der Waals surface area (Å²) in [6.45, 7) is 0. The molecule has 0 aromatic heterocycles. The summed E-state index contributed by atoms with van der Waals surface area (Å²) in [4.78, 5) is 0. The third kappa shape index (κ3) is 2.70. The molecule has 19 heavy (non-hydrogen) atoms. The summed E-state index contributed by atoms with van der Waals surface area (Å²) >= 11 is 0. The van der Waals surface area contributed by atoms with Crippen LogP contribution in [0.15, 0.2) is 36.4 Å². The van der Waals surface area contributed by atoms with Crippen LogP contribution in [0.4, 0.5) is 21.5 Å². The van der Waals surface area contributed by atoms with Crippen molar-refractivity contribution in [3.05, 3.63) is 42.2 Å². The second-order valence-electron chi connectivity index (χ2n) is 3.90. The Bertz CT molecular complexity index is 567. The standard InChI is InChI=1S/C14H15FN2O2/c1-18-9-6-7-12(13(8-9)19-2)17-14-10(15)4-3-5-11(14)16/h3-8,17H,16H2,1-2H3. The summed E-state index contributed by atoms with van der Waals surface area (Å²) in [5.74, 6) is 0.781. The molecule has 0 aliphatic heterocycles. The fraction of sp³-hybridized carbons (Fsp3) is 0.143. The largest absolute Gasteiger partial charge is 0.497 e. The summed E-state index contributed by atoms with van der Waals surface area (Å²) in [7, 11) is 3.10. The normalized spacial score (nSPS) is 10.1. The molecule has 0 amide bonds. The van der Waals surface area contributed by atoms with Crippen LogP contribution in [0, 0.1) is 5.82 Å². The lowest BCUT2D eigenvalue weighted by molar-refractivity contribution is 0.395. The van der Waals surface area contributed by atoms with Gasteiger partial charge in [0.25, 0.3) is 0 Å². The molecule has 2 aromatic carbocycles. The van der Waals surface area contributed by atoms with E-state index in [9.17, 15) is 4.39 Å². The van der Waals surface area contributed by atoms with Gasteiger partial charge in [0.15, 0.2) is 0 Å². The number of nitrogens with two attached hydrogens (primary N) is 1. The van der Waals surface area contributed by atoms with E-state index in [1.165, 1.54) is 13.2 Å². The molecule has 0 aliphatic carbocycles. The Morgan fingerprint density at radius 1 is 1.11 bits per heavy atom. The van der Waals surface area contributed by atoms with Crippen LogP contribution in [0.3, 0.4) is 0 Å². The van der Waals surface area contributed by atoms with E-state index in [1.807, 2.05) is 0 Å². The van der Waals surface area contributed by atoms with Crippen molar-refractivity contribution in [1.29, 1.82) is 0 Å². The van der Waals surface area contributed by atoms with Crippen LogP contribution in [0.2, 0.25) is 0 Å². The van der Waals surface area contributed by atoms with Crippen LogP contribution in [-0.2, 0) is 0 Å². The molecular weight excluding hydrogens is 247 g/mol. The summed E-state index contributed by atoms with van der Waals surface area (Å²) in [6, 6.07) is 9.72. The zero-order valence-electron chi connectivity index (χ0n) is 10.7. The number of anilines is 3. The molecule has 0 saturated carbocycles. The van der Waals surface area contributed by atoms with Crippen LogP contribution in [0.5, 0.6) is 11.5 Å². The van der Waals surface area contributed by atoms with E-state index in [4.69, 9.17) is 15.2 Å². The van der Waals surface area contributed by atoms with Crippen molar-refractivity contribution in [1.82, 2.24) is 0 Å². The molecule has 2 rings (SSSR count). The zero-order chi connectivity index (χ0) is 13.8. The molecule has 0 saturated heterocycles. The van der Waals surface area contributed by atoms with Crippen molar-refractivity contribution in [2.24, 2.45) is 0 Å². The van der Waals surface area contributed by atoms with Crippen molar-refractivity contribution in [2.45, 2.75) is 0 Å². The van der Waals surface area contributed by atoms with Crippen LogP contribution < -0.4 is 20.5 Å². The van der Waals surface area contributed by atoms with Crippen LogP contribution in [-0.4, -0.2) is 14.2 Å². The van der Waals surface area contributed by atoms with Gasteiger partial charge >= 0.3 is 0 Å². The first-order valence-electron chi connectivity index (χ1n) is 5.68. The highest BCUT2D eigenvalue weighted by atomic mass is 19.1. The van der Waals surface area contributed by atoms with Gasteiger partial charge in [-0.05, 0) is 24.3 Å². The second kappa shape index (κ2) is 5.48. The van der Waals surface area contributed by atoms with Crippen molar-refractivity contribution in [2.75, 3.05) is 25.3 Å². The third-order valence-corrected chi connectivity index (χ3v) is 2.71. The summed E-state index contributed by atoms with van der Waals surface area (Å²) in [6.07, 6.45) is 0. The highest BCUT2D eigenvalue weighted by molar-refractivity contribution is 5.76. The Kier molecular flexibility index (Phi) is 3.75. The monoisotopic (exact) mass is 262 g/mol. The lowest BCUT2D eigenvalue weighted by Gasteiger charge is -2.14. The minimum atomic E-state index is -0.419.